The molecule has 0 radical (unpaired) electrons. The molecule has 2 N–H and O–H groups in total. The average molecular weight is 271 g/mol. The van der Waals surface area contributed by atoms with E-state index in [-0.39, 0.29) is 17.9 Å². The maximum atomic E-state index is 12.3. The van der Waals surface area contributed by atoms with Crippen LogP contribution in [0.3, 0.4) is 0 Å². The Labute approximate surface area is 111 Å². The smallest absolute Gasteiger partial charge is 0.387 e. The Hall–Kier alpha value is -1.20. The van der Waals surface area contributed by atoms with E-state index < -0.39 is 6.61 Å². The highest BCUT2D eigenvalue weighted by atomic mass is 19.3. The topological polar surface area (TPSA) is 41.5 Å². The summed E-state index contributed by atoms with van der Waals surface area (Å²) in [6.45, 7) is -2.33. The molecule has 1 aromatic rings. The van der Waals surface area contributed by atoms with Crippen molar-refractivity contribution in [2.24, 2.45) is 0 Å². The van der Waals surface area contributed by atoms with E-state index >= 15 is 0 Å². The molecule has 106 valence electrons. The quantitative estimate of drug-likeness (QED) is 0.836. The van der Waals surface area contributed by atoms with Gasteiger partial charge in [-0.15, -0.1) is 0 Å². The van der Waals surface area contributed by atoms with Gasteiger partial charge in [0.15, 0.2) is 0 Å². The zero-order valence-electron chi connectivity index (χ0n) is 10.7. The Balaban J connectivity index is 2.02. The van der Waals surface area contributed by atoms with Crippen LogP contribution in [0.4, 0.5) is 8.78 Å². The Morgan fingerprint density at radius 2 is 1.95 bits per heavy atom. The Morgan fingerprint density at radius 1 is 1.26 bits per heavy atom. The summed E-state index contributed by atoms with van der Waals surface area (Å²) in [4.78, 5) is 0. The molecule has 1 aromatic carbocycles. The van der Waals surface area contributed by atoms with Gasteiger partial charge in [0.1, 0.15) is 5.75 Å². The van der Waals surface area contributed by atoms with Gasteiger partial charge in [-0.3, -0.25) is 0 Å². The highest BCUT2D eigenvalue weighted by Crippen LogP contribution is 2.30. The van der Waals surface area contributed by atoms with Crippen molar-refractivity contribution in [2.75, 3.05) is 6.61 Å². The van der Waals surface area contributed by atoms with Crippen LogP contribution in [0.25, 0.3) is 0 Å². The predicted octanol–water partition coefficient (Wildman–Crippen LogP) is 2.68. The van der Waals surface area contributed by atoms with Gasteiger partial charge in [0.2, 0.25) is 0 Å². The molecule has 3 nitrogen and oxygen atoms in total. The largest absolute Gasteiger partial charge is 0.434 e. The van der Waals surface area contributed by atoms with Crippen molar-refractivity contribution < 1.29 is 18.6 Å². The van der Waals surface area contributed by atoms with Gasteiger partial charge in [-0.25, -0.2) is 0 Å². The van der Waals surface area contributed by atoms with Crippen molar-refractivity contribution in [1.82, 2.24) is 5.32 Å². The number of para-hydroxylation sites is 1. The predicted molar refractivity (Wildman–Crippen MR) is 68.2 cm³/mol. The van der Waals surface area contributed by atoms with Gasteiger partial charge < -0.3 is 15.2 Å². The first-order valence-corrected chi connectivity index (χ1v) is 6.54. The van der Waals surface area contributed by atoms with Gasteiger partial charge in [-0.1, -0.05) is 31.0 Å². The average Bonchev–Trinajstić information content (AvgIpc) is 2.87. The standard InChI is InChI=1S/C14H19F2NO2/c15-13(16)19-12-6-2-1-5-11(12)9-17-14(10-18)7-3-4-8-14/h1-2,5-6,13,17-18H,3-4,7-10H2. The molecule has 1 aliphatic carbocycles. The van der Waals surface area contributed by atoms with Gasteiger partial charge in [0.05, 0.1) is 6.61 Å². The minimum Gasteiger partial charge on any atom is -0.434 e. The summed E-state index contributed by atoms with van der Waals surface area (Å²) in [7, 11) is 0. The molecule has 0 aromatic heterocycles. The van der Waals surface area contributed by atoms with Crippen LogP contribution in [0.5, 0.6) is 5.75 Å². The highest BCUT2D eigenvalue weighted by Gasteiger charge is 2.32. The molecule has 19 heavy (non-hydrogen) atoms. The van der Waals surface area contributed by atoms with Crippen molar-refractivity contribution in [3.63, 3.8) is 0 Å². The number of nitrogens with one attached hydrogen (secondary N) is 1. The second-order valence-electron chi connectivity index (χ2n) is 4.99. The number of benzene rings is 1. The van der Waals surface area contributed by atoms with Crippen molar-refractivity contribution >= 4 is 0 Å². The van der Waals surface area contributed by atoms with Crippen molar-refractivity contribution in [1.29, 1.82) is 0 Å². The summed E-state index contributed by atoms with van der Waals surface area (Å²) in [6, 6.07) is 6.74. The summed E-state index contributed by atoms with van der Waals surface area (Å²) < 4.78 is 29.1. The maximum Gasteiger partial charge on any atom is 0.387 e. The molecule has 5 heteroatoms. The number of hydrogen-bond acceptors (Lipinski definition) is 3. The molecule has 1 aliphatic rings. The van der Waals surface area contributed by atoms with Crippen LogP contribution < -0.4 is 10.1 Å². The molecule has 0 aliphatic heterocycles. The second kappa shape index (κ2) is 6.30. The van der Waals surface area contributed by atoms with E-state index in [4.69, 9.17) is 0 Å². The molecule has 1 fully saturated rings. The van der Waals surface area contributed by atoms with Crippen LogP contribution in [-0.2, 0) is 6.54 Å². The van der Waals surface area contributed by atoms with Crippen LogP contribution >= 0.6 is 0 Å². The van der Waals surface area contributed by atoms with E-state index in [1.165, 1.54) is 6.07 Å². The van der Waals surface area contributed by atoms with E-state index in [0.717, 1.165) is 25.7 Å². The van der Waals surface area contributed by atoms with Crippen LogP contribution in [0, 0.1) is 0 Å². The first-order chi connectivity index (χ1) is 9.15. The third kappa shape index (κ3) is 3.64. The number of ether oxygens (including phenoxy) is 1. The van der Waals surface area contributed by atoms with Gasteiger partial charge >= 0.3 is 6.61 Å². The number of halogens is 2. The Kier molecular flexibility index (Phi) is 4.71. The number of alkyl halides is 2. The second-order valence-corrected chi connectivity index (χ2v) is 4.99. The number of aliphatic hydroxyl groups excluding tert-OH is 1. The first kappa shape index (κ1) is 14.2. The van der Waals surface area contributed by atoms with Crippen molar-refractivity contribution in [2.45, 2.75) is 44.4 Å². The SMILES string of the molecule is OCC1(NCc2ccccc2OC(F)F)CCCC1. The molecule has 0 saturated heterocycles. The maximum absolute atomic E-state index is 12.3. The van der Waals surface area contributed by atoms with E-state index in [1.807, 2.05) is 0 Å². The summed E-state index contributed by atoms with van der Waals surface area (Å²) >= 11 is 0. The minimum atomic E-state index is -2.82. The summed E-state index contributed by atoms with van der Waals surface area (Å²) in [5.74, 6) is 0.191. The third-order valence-corrected chi connectivity index (χ3v) is 3.71. The van der Waals surface area contributed by atoms with Crippen molar-refractivity contribution in [3.8, 4) is 5.75 Å². The summed E-state index contributed by atoms with van der Waals surface area (Å²) in [5.41, 5.74) is 0.417. The summed E-state index contributed by atoms with van der Waals surface area (Å²) in [5, 5.41) is 12.8. The normalized spacial score (nSPS) is 17.9. The Morgan fingerprint density at radius 3 is 2.58 bits per heavy atom. The fraction of sp³-hybridized carbons (Fsp3) is 0.571. The molecule has 1 saturated carbocycles. The van der Waals surface area contributed by atoms with Gasteiger partial charge in [0.25, 0.3) is 0 Å². The molecule has 2 rings (SSSR count). The number of rotatable bonds is 6. The minimum absolute atomic E-state index is 0.0743. The lowest BCUT2D eigenvalue weighted by Gasteiger charge is -2.28. The zero-order valence-corrected chi connectivity index (χ0v) is 10.7. The highest BCUT2D eigenvalue weighted by molar-refractivity contribution is 5.33. The monoisotopic (exact) mass is 271 g/mol. The van der Waals surface area contributed by atoms with Gasteiger partial charge in [-0.05, 0) is 18.9 Å². The lowest BCUT2D eigenvalue weighted by Crippen LogP contribution is -2.45. The third-order valence-electron chi connectivity index (χ3n) is 3.71. The first-order valence-electron chi connectivity index (χ1n) is 6.54. The van der Waals surface area contributed by atoms with Crippen LogP contribution in [-0.4, -0.2) is 23.9 Å². The molecular weight excluding hydrogens is 252 g/mol. The fourth-order valence-electron chi connectivity index (χ4n) is 2.59. The van der Waals surface area contributed by atoms with E-state index in [9.17, 15) is 13.9 Å². The lowest BCUT2D eigenvalue weighted by atomic mass is 9.98. The van der Waals surface area contributed by atoms with E-state index in [2.05, 4.69) is 10.1 Å². The molecular formula is C14H19F2NO2. The molecule has 0 unspecified atom stereocenters. The van der Waals surface area contributed by atoms with Gasteiger partial charge in [-0.2, -0.15) is 8.78 Å². The van der Waals surface area contributed by atoms with E-state index in [1.54, 1.807) is 18.2 Å². The molecule has 0 amide bonds. The summed E-state index contributed by atoms with van der Waals surface area (Å²) in [6.07, 6.45) is 4.01. The zero-order chi connectivity index (χ0) is 13.7. The molecule has 0 atom stereocenters. The molecule has 0 bridgehead atoms. The number of hydrogen-bond donors (Lipinski definition) is 2. The van der Waals surface area contributed by atoms with Crippen LogP contribution in [0.15, 0.2) is 24.3 Å². The van der Waals surface area contributed by atoms with Crippen molar-refractivity contribution in [3.05, 3.63) is 29.8 Å². The molecule has 0 spiro atoms. The molecule has 0 heterocycles. The number of aliphatic hydroxyl groups is 1. The van der Waals surface area contributed by atoms with Gasteiger partial charge in [0, 0.05) is 17.6 Å². The Bertz CT molecular complexity index is 406. The van der Waals surface area contributed by atoms with E-state index in [0.29, 0.717) is 12.1 Å². The van der Waals surface area contributed by atoms with Crippen LogP contribution in [0.2, 0.25) is 0 Å². The lowest BCUT2D eigenvalue weighted by molar-refractivity contribution is -0.0505. The fourth-order valence-corrected chi connectivity index (χ4v) is 2.59. The van der Waals surface area contributed by atoms with Crippen LogP contribution in [0.1, 0.15) is 31.2 Å².